The molecule has 1 saturated heterocycles. The summed E-state index contributed by atoms with van der Waals surface area (Å²) in [4.78, 5) is 13.9. The van der Waals surface area contributed by atoms with Crippen LogP contribution in [0.25, 0.3) is 0 Å². The van der Waals surface area contributed by atoms with Crippen LogP contribution in [-0.4, -0.2) is 38.1 Å². The molecule has 0 spiro atoms. The second kappa shape index (κ2) is 8.31. The smallest absolute Gasteiger partial charge is 0.380 e. The molecule has 0 atom stereocenters. The zero-order chi connectivity index (χ0) is 19.4. The molecule has 0 unspecified atom stereocenters. The predicted octanol–water partition coefficient (Wildman–Crippen LogP) is 4.22. The molecule has 0 amide bonds. The predicted molar refractivity (Wildman–Crippen MR) is 103 cm³/mol. The van der Waals surface area contributed by atoms with Gasteiger partial charge in [0.1, 0.15) is 0 Å². The Bertz CT molecular complexity index is 820. The van der Waals surface area contributed by atoms with Gasteiger partial charge in [-0.1, -0.05) is 28.1 Å². The van der Waals surface area contributed by atoms with Crippen LogP contribution >= 0.6 is 15.9 Å². The van der Waals surface area contributed by atoms with Crippen molar-refractivity contribution in [3.05, 3.63) is 58.1 Å². The summed E-state index contributed by atoms with van der Waals surface area (Å²) in [5, 5.41) is 6.24. The second-order valence-electron chi connectivity index (χ2n) is 6.28. The van der Waals surface area contributed by atoms with Crippen molar-refractivity contribution in [3.8, 4) is 0 Å². The Hall–Kier alpha value is -2.06. The van der Waals surface area contributed by atoms with E-state index in [1.54, 1.807) is 12.1 Å². The minimum Gasteiger partial charge on any atom is -0.380 e. The first-order chi connectivity index (χ1) is 12.8. The molecule has 1 aliphatic rings. The fraction of sp³-hybridized carbons (Fsp3) is 0.316. The summed E-state index contributed by atoms with van der Waals surface area (Å²) in [5.41, 5.74) is 1.51. The van der Waals surface area contributed by atoms with E-state index in [9.17, 15) is 18.0 Å². The van der Waals surface area contributed by atoms with Crippen LogP contribution in [0.1, 0.15) is 15.9 Å². The number of carbonyl (C=O) groups excluding carboxylic acids is 1. The Balaban J connectivity index is 1.89. The standard InChI is InChI=1S/C19H19BrF3N3O/c20-14-3-1-2-13(10-14)12-25-17-11-15(26-8-6-24-7-9-26)4-5-16(17)18(27)19(21,22)23/h1-5,10-11,24-25H,6-9,12H2. The zero-order valence-electron chi connectivity index (χ0n) is 14.4. The van der Waals surface area contributed by atoms with E-state index in [4.69, 9.17) is 0 Å². The molecule has 0 radical (unpaired) electrons. The van der Waals surface area contributed by atoms with Crippen LogP contribution in [0, 0.1) is 0 Å². The lowest BCUT2D eigenvalue weighted by Crippen LogP contribution is -2.43. The van der Waals surface area contributed by atoms with Gasteiger partial charge in [-0.25, -0.2) is 0 Å². The highest BCUT2D eigenvalue weighted by Gasteiger charge is 2.40. The number of benzene rings is 2. The Kier molecular flexibility index (Phi) is 6.06. The van der Waals surface area contributed by atoms with Crippen LogP contribution < -0.4 is 15.5 Å². The quantitative estimate of drug-likeness (QED) is 0.681. The topological polar surface area (TPSA) is 44.4 Å². The molecule has 1 aliphatic heterocycles. The van der Waals surface area contributed by atoms with Crippen LogP contribution in [-0.2, 0) is 6.54 Å². The van der Waals surface area contributed by atoms with Gasteiger partial charge in [0.25, 0.3) is 5.78 Å². The molecule has 1 fully saturated rings. The molecule has 2 N–H and O–H groups in total. The van der Waals surface area contributed by atoms with Crippen LogP contribution in [0.15, 0.2) is 46.9 Å². The minimum absolute atomic E-state index is 0.188. The molecule has 27 heavy (non-hydrogen) atoms. The number of anilines is 2. The number of piperazine rings is 1. The van der Waals surface area contributed by atoms with Crippen LogP contribution in [0.2, 0.25) is 0 Å². The SMILES string of the molecule is O=C(c1ccc(N2CCNCC2)cc1NCc1cccc(Br)c1)C(F)(F)F. The van der Waals surface area contributed by atoms with Gasteiger partial charge in [-0.2, -0.15) is 13.2 Å². The third kappa shape index (κ3) is 5.01. The van der Waals surface area contributed by atoms with E-state index in [2.05, 4.69) is 31.5 Å². The summed E-state index contributed by atoms with van der Waals surface area (Å²) in [6.45, 7) is 3.45. The third-order valence-corrected chi connectivity index (χ3v) is 4.85. The fourth-order valence-electron chi connectivity index (χ4n) is 2.99. The number of Topliss-reactive ketones (excluding diaryl/α,β-unsaturated/α-hetero) is 1. The lowest BCUT2D eigenvalue weighted by Gasteiger charge is -2.30. The van der Waals surface area contributed by atoms with Gasteiger partial charge in [0.15, 0.2) is 0 Å². The highest BCUT2D eigenvalue weighted by molar-refractivity contribution is 9.10. The minimum atomic E-state index is -4.91. The van der Waals surface area contributed by atoms with Gasteiger partial charge >= 0.3 is 6.18 Å². The van der Waals surface area contributed by atoms with Crippen molar-refractivity contribution in [2.45, 2.75) is 12.7 Å². The van der Waals surface area contributed by atoms with Crippen molar-refractivity contribution >= 4 is 33.1 Å². The Labute approximate surface area is 163 Å². The largest absolute Gasteiger partial charge is 0.454 e. The van der Waals surface area contributed by atoms with E-state index in [0.717, 1.165) is 41.9 Å². The number of carbonyl (C=O) groups is 1. The first kappa shape index (κ1) is 19.7. The maximum absolute atomic E-state index is 13.0. The molecule has 8 heteroatoms. The van der Waals surface area contributed by atoms with Crippen molar-refractivity contribution in [2.24, 2.45) is 0 Å². The molecule has 0 bridgehead atoms. The summed E-state index contributed by atoms with van der Waals surface area (Å²) < 4.78 is 39.8. The number of nitrogens with zero attached hydrogens (tertiary/aromatic N) is 1. The lowest BCUT2D eigenvalue weighted by molar-refractivity contribution is -0.0884. The average Bonchev–Trinajstić information content (AvgIpc) is 2.65. The van der Waals surface area contributed by atoms with Crippen LogP contribution in [0.3, 0.4) is 0 Å². The van der Waals surface area contributed by atoms with Crippen LogP contribution in [0.5, 0.6) is 0 Å². The van der Waals surface area contributed by atoms with E-state index < -0.39 is 12.0 Å². The maximum Gasteiger partial charge on any atom is 0.454 e. The summed E-state index contributed by atoms with van der Waals surface area (Å²) in [7, 11) is 0. The monoisotopic (exact) mass is 441 g/mol. The van der Waals surface area contributed by atoms with Gasteiger partial charge in [-0.05, 0) is 35.9 Å². The number of rotatable bonds is 5. The molecule has 2 aromatic rings. The van der Waals surface area contributed by atoms with E-state index in [1.807, 2.05) is 24.3 Å². The second-order valence-corrected chi connectivity index (χ2v) is 7.19. The molecule has 144 valence electrons. The summed E-state index contributed by atoms with van der Waals surface area (Å²) in [6.07, 6.45) is -4.91. The highest BCUT2D eigenvalue weighted by atomic mass is 79.9. The van der Waals surface area contributed by atoms with Gasteiger partial charge in [0, 0.05) is 48.6 Å². The van der Waals surface area contributed by atoms with Crippen LogP contribution in [0.4, 0.5) is 24.5 Å². The van der Waals surface area contributed by atoms with Gasteiger partial charge in [-0.15, -0.1) is 0 Å². The van der Waals surface area contributed by atoms with Gasteiger partial charge in [0.2, 0.25) is 0 Å². The van der Waals surface area contributed by atoms with E-state index in [-0.39, 0.29) is 11.3 Å². The van der Waals surface area contributed by atoms with E-state index >= 15 is 0 Å². The van der Waals surface area contributed by atoms with Crippen molar-refractivity contribution in [2.75, 3.05) is 36.4 Å². The lowest BCUT2D eigenvalue weighted by atomic mass is 10.1. The Morgan fingerprint density at radius 3 is 2.56 bits per heavy atom. The fourth-order valence-corrected chi connectivity index (χ4v) is 3.44. The van der Waals surface area contributed by atoms with Gasteiger partial charge in [0.05, 0.1) is 5.56 Å². The number of alkyl halides is 3. The Morgan fingerprint density at radius 2 is 1.89 bits per heavy atom. The molecule has 2 aromatic carbocycles. The van der Waals surface area contributed by atoms with Crippen molar-refractivity contribution in [3.63, 3.8) is 0 Å². The molecule has 3 rings (SSSR count). The summed E-state index contributed by atoms with van der Waals surface area (Å²) in [6, 6.07) is 11.9. The molecule has 4 nitrogen and oxygen atoms in total. The number of ketones is 1. The average molecular weight is 442 g/mol. The summed E-state index contributed by atoms with van der Waals surface area (Å²) >= 11 is 3.37. The molecular formula is C19H19BrF3N3O. The van der Waals surface area contributed by atoms with Gasteiger partial charge < -0.3 is 15.5 Å². The number of hydrogen-bond acceptors (Lipinski definition) is 4. The first-order valence-corrected chi connectivity index (χ1v) is 9.33. The van der Waals surface area contributed by atoms with Crippen molar-refractivity contribution in [1.29, 1.82) is 0 Å². The number of halogens is 4. The molecule has 0 aromatic heterocycles. The summed E-state index contributed by atoms with van der Waals surface area (Å²) in [5.74, 6) is -1.84. The molecule has 1 heterocycles. The van der Waals surface area contributed by atoms with Crippen molar-refractivity contribution in [1.82, 2.24) is 5.32 Å². The zero-order valence-corrected chi connectivity index (χ0v) is 16.0. The molecule has 0 aliphatic carbocycles. The molecule has 0 saturated carbocycles. The third-order valence-electron chi connectivity index (χ3n) is 4.36. The normalized spacial score (nSPS) is 14.9. The van der Waals surface area contributed by atoms with Gasteiger partial charge in [-0.3, -0.25) is 4.79 Å². The Morgan fingerprint density at radius 1 is 1.15 bits per heavy atom. The first-order valence-electron chi connectivity index (χ1n) is 8.54. The van der Waals surface area contributed by atoms with E-state index in [0.29, 0.717) is 6.54 Å². The number of hydrogen-bond donors (Lipinski definition) is 2. The molecular weight excluding hydrogens is 423 g/mol. The number of nitrogens with one attached hydrogen (secondary N) is 2. The maximum atomic E-state index is 13.0. The van der Waals surface area contributed by atoms with Crippen molar-refractivity contribution < 1.29 is 18.0 Å². The highest BCUT2D eigenvalue weighted by Crippen LogP contribution is 2.30. The van der Waals surface area contributed by atoms with E-state index in [1.165, 1.54) is 6.07 Å².